The summed E-state index contributed by atoms with van der Waals surface area (Å²) < 4.78 is 5.20. The normalized spacial score (nSPS) is 10.5. The standard InChI is InChI=1S/C14H17NO2/c1-15(7-8-16)13-5-3-12-10-14(17-2)6-4-11(12)9-13/h3-6,9-10,16H,7-8H2,1-2H3. The molecule has 0 aliphatic rings. The molecule has 2 aromatic carbocycles. The van der Waals surface area contributed by atoms with Crippen LogP contribution in [0.2, 0.25) is 0 Å². The number of aliphatic hydroxyl groups excluding tert-OH is 1. The van der Waals surface area contributed by atoms with Crippen molar-refractivity contribution < 1.29 is 9.84 Å². The Morgan fingerprint density at radius 2 is 1.82 bits per heavy atom. The summed E-state index contributed by atoms with van der Waals surface area (Å²) in [6.07, 6.45) is 0. The zero-order chi connectivity index (χ0) is 12.3. The third-order valence-corrected chi connectivity index (χ3v) is 2.91. The lowest BCUT2D eigenvalue weighted by molar-refractivity contribution is 0.304. The molecule has 3 nitrogen and oxygen atoms in total. The first kappa shape index (κ1) is 11.7. The molecule has 0 radical (unpaired) electrons. The summed E-state index contributed by atoms with van der Waals surface area (Å²) in [6.45, 7) is 0.804. The van der Waals surface area contributed by atoms with Gasteiger partial charge in [-0.3, -0.25) is 0 Å². The molecule has 0 aromatic heterocycles. The number of fused-ring (bicyclic) bond motifs is 1. The molecule has 0 atom stereocenters. The molecule has 0 saturated carbocycles. The van der Waals surface area contributed by atoms with Gasteiger partial charge in [0.05, 0.1) is 13.7 Å². The van der Waals surface area contributed by atoms with Gasteiger partial charge in [0.25, 0.3) is 0 Å². The topological polar surface area (TPSA) is 32.7 Å². The number of rotatable bonds is 4. The van der Waals surface area contributed by atoms with Gasteiger partial charge in [-0.2, -0.15) is 0 Å². The number of hydrogen-bond acceptors (Lipinski definition) is 3. The van der Waals surface area contributed by atoms with E-state index in [0.29, 0.717) is 6.54 Å². The maximum atomic E-state index is 8.92. The van der Waals surface area contributed by atoms with E-state index in [1.165, 1.54) is 5.39 Å². The van der Waals surface area contributed by atoms with Crippen molar-refractivity contribution in [2.24, 2.45) is 0 Å². The molecular weight excluding hydrogens is 214 g/mol. The summed E-state index contributed by atoms with van der Waals surface area (Å²) in [4.78, 5) is 2.03. The minimum atomic E-state index is 0.164. The molecule has 0 bridgehead atoms. The van der Waals surface area contributed by atoms with Crippen LogP contribution < -0.4 is 9.64 Å². The van der Waals surface area contributed by atoms with Crippen LogP contribution in [0, 0.1) is 0 Å². The van der Waals surface area contributed by atoms with Crippen molar-refractivity contribution in [1.82, 2.24) is 0 Å². The van der Waals surface area contributed by atoms with Gasteiger partial charge in [0, 0.05) is 19.3 Å². The number of methoxy groups -OCH3 is 1. The zero-order valence-corrected chi connectivity index (χ0v) is 10.2. The minimum Gasteiger partial charge on any atom is -0.497 e. The average molecular weight is 231 g/mol. The van der Waals surface area contributed by atoms with Crippen LogP contribution in [0.25, 0.3) is 10.8 Å². The van der Waals surface area contributed by atoms with Crippen molar-refractivity contribution in [3.05, 3.63) is 36.4 Å². The van der Waals surface area contributed by atoms with Crippen LogP contribution in [0.1, 0.15) is 0 Å². The van der Waals surface area contributed by atoms with Crippen LogP contribution in [0.5, 0.6) is 5.75 Å². The number of nitrogens with zero attached hydrogens (tertiary/aromatic N) is 1. The first-order valence-corrected chi connectivity index (χ1v) is 5.64. The molecule has 2 aromatic rings. The van der Waals surface area contributed by atoms with Crippen LogP contribution in [0.15, 0.2) is 36.4 Å². The Morgan fingerprint density at radius 3 is 2.53 bits per heavy atom. The van der Waals surface area contributed by atoms with Crippen LogP contribution in [-0.4, -0.2) is 32.4 Å². The van der Waals surface area contributed by atoms with Gasteiger partial charge < -0.3 is 14.7 Å². The van der Waals surface area contributed by atoms with Crippen molar-refractivity contribution in [1.29, 1.82) is 0 Å². The van der Waals surface area contributed by atoms with Crippen LogP contribution in [0.3, 0.4) is 0 Å². The third kappa shape index (κ3) is 2.50. The largest absolute Gasteiger partial charge is 0.497 e. The summed E-state index contributed by atoms with van der Waals surface area (Å²) in [5, 5.41) is 11.3. The molecule has 90 valence electrons. The molecule has 0 spiro atoms. The maximum Gasteiger partial charge on any atom is 0.119 e. The van der Waals surface area contributed by atoms with Crippen molar-refractivity contribution in [3.63, 3.8) is 0 Å². The maximum absolute atomic E-state index is 8.92. The second-order valence-corrected chi connectivity index (χ2v) is 4.04. The zero-order valence-electron chi connectivity index (χ0n) is 10.2. The number of benzene rings is 2. The number of hydrogen-bond donors (Lipinski definition) is 1. The molecular formula is C14H17NO2. The number of likely N-dealkylation sites (N-methyl/N-ethyl adjacent to an activating group) is 1. The molecule has 3 heteroatoms. The van der Waals surface area contributed by atoms with Gasteiger partial charge in [-0.15, -0.1) is 0 Å². The van der Waals surface area contributed by atoms with Crippen LogP contribution in [-0.2, 0) is 0 Å². The average Bonchev–Trinajstić information content (AvgIpc) is 2.37. The van der Waals surface area contributed by atoms with E-state index in [2.05, 4.69) is 18.2 Å². The Hall–Kier alpha value is -1.74. The Bertz CT molecular complexity index is 511. The smallest absolute Gasteiger partial charge is 0.119 e. The lowest BCUT2D eigenvalue weighted by Crippen LogP contribution is -2.20. The third-order valence-electron chi connectivity index (χ3n) is 2.91. The molecule has 1 N–H and O–H groups in total. The number of aliphatic hydroxyl groups is 1. The second kappa shape index (κ2) is 5.06. The first-order chi connectivity index (χ1) is 8.24. The van der Waals surface area contributed by atoms with E-state index in [1.807, 2.05) is 30.1 Å². The van der Waals surface area contributed by atoms with Crippen molar-refractivity contribution in [2.45, 2.75) is 0 Å². The molecule has 0 aliphatic heterocycles. The minimum absolute atomic E-state index is 0.164. The van der Waals surface area contributed by atoms with Gasteiger partial charge in [0.15, 0.2) is 0 Å². The Kier molecular flexibility index (Phi) is 3.49. The Balaban J connectivity index is 2.37. The Labute approximate surface area is 101 Å². The van der Waals surface area contributed by atoms with E-state index in [4.69, 9.17) is 9.84 Å². The molecule has 0 unspecified atom stereocenters. The summed E-state index contributed by atoms with van der Waals surface area (Å²) in [5.74, 6) is 0.869. The van der Waals surface area contributed by atoms with E-state index in [-0.39, 0.29) is 6.61 Å². The molecule has 17 heavy (non-hydrogen) atoms. The van der Waals surface area contributed by atoms with Crippen molar-refractivity contribution in [2.75, 3.05) is 32.2 Å². The summed E-state index contributed by atoms with van der Waals surface area (Å²) in [7, 11) is 3.64. The van der Waals surface area contributed by atoms with E-state index < -0.39 is 0 Å². The summed E-state index contributed by atoms with van der Waals surface area (Å²) in [6, 6.07) is 12.3. The second-order valence-electron chi connectivity index (χ2n) is 4.04. The van der Waals surface area contributed by atoms with E-state index in [0.717, 1.165) is 16.8 Å². The van der Waals surface area contributed by atoms with Gasteiger partial charge in [-0.1, -0.05) is 12.1 Å². The lowest BCUT2D eigenvalue weighted by atomic mass is 10.1. The lowest BCUT2D eigenvalue weighted by Gasteiger charge is -2.18. The predicted molar refractivity (Wildman–Crippen MR) is 70.9 cm³/mol. The highest BCUT2D eigenvalue weighted by Gasteiger charge is 2.02. The molecule has 0 heterocycles. The van der Waals surface area contributed by atoms with E-state index in [9.17, 15) is 0 Å². The molecule has 0 saturated heterocycles. The fourth-order valence-corrected chi connectivity index (χ4v) is 1.85. The fraction of sp³-hybridized carbons (Fsp3) is 0.286. The monoisotopic (exact) mass is 231 g/mol. The molecule has 2 rings (SSSR count). The highest BCUT2D eigenvalue weighted by Crippen LogP contribution is 2.24. The fourth-order valence-electron chi connectivity index (χ4n) is 1.85. The van der Waals surface area contributed by atoms with Crippen molar-refractivity contribution in [3.8, 4) is 5.75 Å². The van der Waals surface area contributed by atoms with E-state index >= 15 is 0 Å². The quantitative estimate of drug-likeness (QED) is 0.876. The summed E-state index contributed by atoms with van der Waals surface area (Å²) in [5.41, 5.74) is 1.11. The van der Waals surface area contributed by atoms with Gasteiger partial charge in [-0.05, 0) is 35.0 Å². The van der Waals surface area contributed by atoms with E-state index in [1.54, 1.807) is 7.11 Å². The van der Waals surface area contributed by atoms with Gasteiger partial charge >= 0.3 is 0 Å². The van der Waals surface area contributed by atoms with Gasteiger partial charge in [-0.25, -0.2) is 0 Å². The van der Waals surface area contributed by atoms with Crippen LogP contribution >= 0.6 is 0 Å². The predicted octanol–water partition coefficient (Wildman–Crippen LogP) is 2.28. The first-order valence-electron chi connectivity index (χ1n) is 5.64. The van der Waals surface area contributed by atoms with Gasteiger partial charge in [0.1, 0.15) is 5.75 Å². The molecule has 0 amide bonds. The molecule has 0 fully saturated rings. The highest BCUT2D eigenvalue weighted by atomic mass is 16.5. The number of ether oxygens (including phenoxy) is 1. The van der Waals surface area contributed by atoms with Gasteiger partial charge in [0.2, 0.25) is 0 Å². The SMILES string of the molecule is COc1ccc2cc(N(C)CCO)ccc2c1. The highest BCUT2D eigenvalue weighted by molar-refractivity contribution is 5.87. The summed E-state index contributed by atoms with van der Waals surface area (Å²) >= 11 is 0. The Morgan fingerprint density at radius 1 is 1.12 bits per heavy atom. The molecule has 0 aliphatic carbocycles. The van der Waals surface area contributed by atoms with Crippen LogP contribution in [0.4, 0.5) is 5.69 Å². The number of anilines is 1. The van der Waals surface area contributed by atoms with Crippen molar-refractivity contribution >= 4 is 16.5 Å².